The zero-order valence-electron chi connectivity index (χ0n) is 12.2. The van der Waals surface area contributed by atoms with Crippen molar-refractivity contribution in [2.24, 2.45) is 5.92 Å². The summed E-state index contributed by atoms with van der Waals surface area (Å²) in [5.41, 5.74) is 1.58. The minimum atomic E-state index is -0.222. The molecule has 106 valence electrons. The van der Waals surface area contributed by atoms with E-state index >= 15 is 0 Å². The summed E-state index contributed by atoms with van der Waals surface area (Å²) < 4.78 is 5.58. The Morgan fingerprint density at radius 2 is 2.10 bits per heavy atom. The monoisotopic (exact) mass is 271 g/mol. The molecule has 2 aromatic rings. The number of hydrogen-bond donors (Lipinski definition) is 0. The summed E-state index contributed by atoms with van der Waals surface area (Å²) in [6.07, 6.45) is 5.57. The first-order valence-electron chi connectivity index (χ1n) is 7.63. The van der Waals surface area contributed by atoms with E-state index in [1.807, 2.05) is 25.1 Å². The summed E-state index contributed by atoms with van der Waals surface area (Å²) in [6, 6.07) is 5.87. The van der Waals surface area contributed by atoms with Crippen molar-refractivity contribution in [1.82, 2.24) is 4.98 Å². The van der Waals surface area contributed by atoms with Crippen molar-refractivity contribution in [2.45, 2.75) is 51.9 Å². The molecule has 2 unspecified atom stereocenters. The number of aromatic nitrogens is 1. The number of nitrogens with zero attached hydrogens (tertiary/aromatic N) is 1. The van der Waals surface area contributed by atoms with Gasteiger partial charge in [-0.3, -0.25) is 0 Å². The highest BCUT2D eigenvalue weighted by Crippen LogP contribution is 2.36. The van der Waals surface area contributed by atoms with Gasteiger partial charge >= 0.3 is 5.63 Å². The molecule has 1 heterocycles. The molecule has 0 N–H and O–H groups in total. The van der Waals surface area contributed by atoms with Crippen LogP contribution in [0.15, 0.2) is 27.4 Å². The third kappa shape index (κ3) is 2.26. The first kappa shape index (κ1) is 13.3. The van der Waals surface area contributed by atoms with E-state index in [1.54, 1.807) is 0 Å². The zero-order chi connectivity index (χ0) is 14.1. The Kier molecular flexibility index (Phi) is 3.60. The van der Waals surface area contributed by atoms with Gasteiger partial charge in [-0.15, -0.1) is 0 Å². The molecule has 0 saturated heterocycles. The summed E-state index contributed by atoms with van der Waals surface area (Å²) in [5.74, 6) is 1.49. The van der Waals surface area contributed by atoms with Crippen molar-refractivity contribution >= 4 is 10.9 Å². The molecule has 0 radical (unpaired) electrons. The molecule has 0 spiro atoms. The van der Waals surface area contributed by atoms with E-state index in [4.69, 9.17) is 4.42 Å². The van der Waals surface area contributed by atoms with Crippen molar-refractivity contribution in [3.63, 3.8) is 0 Å². The maximum Gasteiger partial charge on any atom is 0.347 e. The van der Waals surface area contributed by atoms with E-state index in [1.165, 1.54) is 19.3 Å². The lowest BCUT2D eigenvalue weighted by Crippen LogP contribution is -2.18. The van der Waals surface area contributed by atoms with Crippen LogP contribution in [0.5, 0.6) is 0 Å². The molecule has 2 atom stereocenters. The summed E-state index contributed by atoms with van der Waals surface area (Å²) in [6.45, 7) is 4.28. The predicted molar refractivity (Wildman–Crippen MR) is 80.0 cm³/mol. The number of aryl methyl sites for hydroxylation is 1. The molecule has 3 heteroatoms. The number of fused-ring (bicyclic) bond motifs is 1. The predicted octanol–water partition coefficient (Wildman–Crippen LogP) is 4.04. The SMILES string of the molecule is CCc1cccc2nc(C3CCCCC3C)oc(=O)c12. The molecule has 0 bridgehead atoms. The van der Waals surface area contributed by atoms with Gasteiger partial charge in [0.1, 0.15) is 0 Å². The van der Waals surface area contributed by atoms with Crippen LogP contribution in [0.25, 0.3) is 10.9 Å². The lowest BCUT2D eigenvalue weighted by atomic mass is 9.80. The molecule has 3 nitrogen and oxygen atoms in total. The van der Waals surface area contributed by atoms with Crippen molar-refractivity contribution in [3.05, 3.63) is 40.1 Å². The van der Waals surface area contributed by atoms with E-state index in [0.717, 1.165) is 23.9 Å². The molecule has 1 saturated carbocycles. The lowest BCUT2D eigenvalue weighted by molar-refractivity contribution is 0.272. The first-order valence-corrected chi connectivity index (χ1v) is 7.63. The second-order valence-electron chi connectivity index (χ2n) is 5.87. The topological polar surface area (TPSA) is 43.1 Å². The molecule has 1 aromatic carbocycles. The standard InChI is InChI=1S/C17H21NO2/c1-3-12-8-6-10-14-15(12)17(19)20-16(18-14)13-9-5-4-7-11(13)2/h6,8,10-11,13H,3-5,7,9H2,1-2H3. The van der Waals surface area contributed by atoms with Gasteiger partial charge in [-0.25, -0.2) is 9.78 Å². The van der Waals surface area contributed by atoms with Gasteiger partial charge in [-0.2, -0.15) is 0 Å². The maximum atomic E-state index is 12.3. The van der Waals surface area contributed by atoms with Crippen LogP contribution in [-0.2, 0) is 6.42 Å². The van der Waals surface area contributed by atoms with Gasteiger partial charge < -0.3 is 4.42 Å². The third-order valence-corrected chi connectivity index (χ3v) is 4.57. The Bertz CT molecular complexity index is 674. The zero-order valence-corrected chi connectivity index (χ0v) is 12.2. The van der Waals surface area contributed by atoms with Crippen LogP contribution in [0, 0.1) is 5.92 Å². The molecule has 20 heavy (non-hydrogen) atoms. The van der Waals surface area contributed by atoms with Crippen LogP contribution in [-0.4, -0.2) is 4.98 Å². The highest BCUT2D eigenvalue weighted by atomic mass is 16.4. The largest absolute Gasteiger partial charge is 0.408 e. The van der Waals surface area contributed by atoms with Crippen LogP contribution in [0.3, 0.4) is 0 Å². The second kappa shape index (κ2) is 5.39. The van der Waals surface area contributed by atoms with Gasteiger partial charge in [-0.1, -0.05) is 38.8 Å². The summed E-state index contributed by atoms with van der Waals surface area (Å²) >= 11 is 0. The van der Waals surface area contributed by atoms with Gasteiger partial charge in [0.15, 0.2) is 0 Å². The van der Waals surface area contributed by atoms with Crippen LogP contribution >= 0.6 is 0 Å². The van der Waals surface area contributed by atoms with Crippen LogP contribution in [0.4, 0.5) is 0 Å². The summed E-state index contributed by atoms with van der Waals surface area (Å²) in [4.78, 5) is 17.0. The molecule has 1 aliphatic carbocycles. The average Bonchev–Trinajstić information content (AvgIpc) is 2.46. The molecular formula is C17H21NO2. The highest BCUT2D eigenvalue weighted by molar-refractivity contribution is 5.80. The quantitative estimate of drug-likeness (QED) is 0.827. The fourth-order valence-corrected chi connectivity index (χ4v) is 3.34. The van der Waals surface area contributed by atoms with Crippen molar-refractivity contribution in [1.29, 1.82) is 0 Å². The van der Waals surface area contributed by atoms with E-state index in [2.05, 4.69) is 11.9 Å². The van der Waals surface area contributed by atoms with Crippen molar-refractivity contribution in [2.75, 3.05) is 0 Å². The van der Waals surface area contributed by atoms with E-state index < -0.39 is 0 Å². The first-order chi connectivity index (χ1) is 9.70. The fourth-order valence-electron chi connectivity index (χ4n) is 3.34. The molecule has 0 aliphatic heterocycles. The number of hydrogen-bond acceptors (Lipinski definition) is 3. The minimum absolute atomic E-state index is 0.222. The fraction of sp³-hybridized carbons (Fsp3) is 0.529. The molecule has 1 aromatic heterocycles. The summed E-state index contributed by atoms with van der Waals surface area (Å²) in [7, 11) is 0. The molecule has 1 fully saturated rings. The van der Waals surface area contributed by atoms with E-state index in [-0.39, 0.29) is 5.63 Å². The van der Waals surface area contributed by atoms with Crippen LogP contribution in [0.2, 0.25) is 0 Å². The average molecular weight is 271 g/mol. The van der Waals surface area contributed by atoms with Gasteiger partial charge in [0, 0.05) is 5.92 Å². The van der Waals surface area contributed by atoms with Gasteiger partial charge in [0.2, 0.25) is 5.89 Å². The number of benzene rings is 1. The van der Waals surface area contributed by atoms with Crippen LogP contribution in [0.1, 0.15) is 56.9 Å². The molecular weight excluding hydrogens is 250 g/mol. The number of rotatable bonds is 2. The molecule has 1 aliphatic rings. The molecule has 0 amide bonds. The second-order valence-corrected chi connectivity index (χ2v) is 5.87. The van der Waals surface area contributed by atoms with Crippen molar-refractivity contribution < 1.29 is 4.42 Å². The van der Waals surface area contributed by atoms with Crippen LogP contribution < -0.4 is 5.63 Å². The Morgan fingerprint density at radius 1 is 1.30 bits per heavy atom. The normalized spacial score (nSPS) is 23.1. The van der Waals surface area contributed by atoms with E-state index in [0.29, 0.717) is 23.1 Å². The molecule has 3 rings (SSSR count). The maximum absolute atomic E-state index is 12.3. The third-order valence-electron chi connectivity index (χ3n) is 4.57. The van der Waals surface area contributed by atoms with Gasteiger partial charge in [0.25, 0.3) is 0 Å². The minimum Gasteiger partial charge on any atom is -0.408 e. The lowest BCUT2D eigenvalue weighted by Gasteiger charge is -2.26. The van der Waals surface area contributed by atoms with Gasteiger partial charge in [0.05, 0.1) is 10.9 Å². The van der Waals surface area contributed by atoms with Crippen molar-refractivity contribution in [3.8, 4) is 0 Å². The smallest absolute Gasteiger partial charge is 0.347 e. The summed E-state index contributed by atoms with van der Waals surface area (Å²) in [5, 5.41) is 0.655. The Hall–Kier alpha value is -1.64. The Balaban J connectivity index is 2.13. The highest BCUT2D eigenvalue weighted by Gasteiger charge is 2.27. The Morgan fingerprint density at radius 3 is 2.85 bits per heavy atom. The Labute approximate surface area is 119 Å². The van der Waals surface area contributed by atoms with Gasteiger partial charge in [-0.05, 0) is 36.8 Å². The van der Waals surface area contributed by atoms with E-state index in [9.17, 15) is 4.79 Å².